The van der Waals surface area contributed by atoms with Crippen molar-refractivity contribution in [2.75, 3.05) is 13.1 Å². The van der Waals surface area contributed by atoms with E-state index in [1.807, 2.05) is 6.92 Å². The summed E-state index contributed by atoms with van der Waals surface area (Å²) in [6.07, 6.45) is -5.43. The molecule has 0 heterocycles. The van der Waals surface area contributed by atoms with Gasteiger partial charge in [0.25, 0.3) is 0 Å². The monoisotopic (exact) mass is 197 g/mol. The molecule has 0 aromatic carbocycles. The Labute approximate surface area is 75.5 Å². The highest BCUT2D eigenvalue weighted by atomic mass is 19.4. The van der Waals surface area contributed by atoms with E-state index in [0.717, 1.165) is 6.54 Å². The number of nitrogens with one attached hydrogen (secondary N) is 1. The van der Waals surface area contributed by atoms with Gasteiger partial charge in [0.05, 0.1) is 6.42 Å². The van der Waals surface area contributed by atoms with Crippen LogP contribution in [0.2, 0.25) is 0 Å². The summed E-state index contributed by atoms with van der Waals surface area (Å²) in [6.45, 7) is 3.07. The molecule has 0 saturated carbocycles. The summed E-state index contributed by atoms with van der Waals surface area (Å²) >= 11 is 0. The van der Waals surface area contributed by atoms with Crippen LogP contribution in [0.5, 0.6) is 0 Å². The first-order valence-corrected chi connectivity index (χ1v) is 4.25. The molecule has 2 nitrogen and oxygen atoms in total. The van der Waals surface area contributed by atoms with Crippen LogP contribution in [0.4, 0.5) is 13.2 Å². The van der Waals surface area contributed by atoms with E-state index in [-0.39, 0.29) is 12.2 Å². The van der Waals surface area contributed by atoms with E-state index in [4.69, 9.17) is 0 Å². The first-order valence-electron chi connectivity index (χ1n) is 4.25. The van der Waals surface area contributed by atoms with Crippen LogP contribution in [-0.4, -0.2) is 25.0 Å². The minimum atomic E-state index is -4.21. The Morgan fingerprint density at radius 3 is 2.38 bits per heavy atom. The molecule has 0 fully saturated rings. The lowest BCUT2D eigenvalue weighted by Gasteiger charge is -2.05. The van der Waals surface area contributed by atoms with Crippen LogP contribution in [0.1, 0.15) is 26.2 Å². The number of ketones is 1. The van der Waals surface area contributed by atoms with Gasteiger partial charge < -0.3 is 5.32 Å². The van der Waals surface area contributed by atoms with Gasteiger partial charge in [0, 0.05) is 19.4 Å². The molecule has 0 aliphatic heterocycles. The number of carbonyl (C=O) groups excluding carboxylic acids is 1. The lowest BCUT2D eigenvalue weighted by atomic mass is 10.1. The Morgan fingerprint density at radius 2 is 1.92 bits per heavy atom. The zero-order chi connectivity index (χ0) is 10.3. The third-order valence-corrected chi connectivity index (χ3v) is 1.52. The van der Waals surface area contributed by atoms with Gasteiger partial charge in [0.15, 0.2) is 0 Å². The molecule has 0 unspecified atom stereocenters. The van der Waals surface area contributed by atoms with Crippen molar-refractivity contribution >= 4 is 5.78 Å². The predicted molar refractivity (Wildman–Crippen MR) is 43.5 cm³/mol. The lowest BCUT2D eigenvalue weighted by molar-refractivity contribution is -0.143. The minimum absolute atomic E-state index is 0.184. The highest BCUT2D eigenvalue weighted by Crippen LogP contribution is 2.21. The zero-order valence-electron chi connectivity index (χ0n) is 7.58. The van der Waals surface area contributed by atoms with E-state index >= 15 is 0 Å². The van der Waals surface area contributed by atoms with Gasteiger partial charge in [-0.15, -0.1) is 0 Å². The van der Waals surface area contributed by atoms with Crippen molar-refractivity contribution in [1.29, 1.82) is 0 Å². The van der Waals surface area contributed by atoms with Crippen LogP contribution >= 0.6 is 0 Å². The van der Waals surface area contributed by atoms with Crippen molar-refractivity contribution in [2.24, 2.45) is 0 Å². The molecular formula is C8H14F3NO. The van der Waals surface area contributed by atoms with Crippen molar-refractivity contribution in [3.8, 4) is 0 Å². The molecule has 0 radical (unpaired) electrons. The summed E-state index contributed by atoms with van der Waals surface area (Å²) < 4.78 is 34.9. The van der Waals surface area contributed by atoms with Gasteiger partial charge >= 0.3 is 6.18 Å². The molecule has 0 aliphatic rings. The predicted octanol–water partition coefficient (Wildman–Crippen LogP) is 1.90. The third kappa shape index (κ3) is 9.33. The highest BCUT2D eigenvalue weighted by molar-refractivity contribution is 5.78. The van der Waals surface area contributed by atoms with Gasteiger partial charge in [-0.2, -0.15) is 13.2 Å². The maximum atomic E-state index is 11.6. The highest BCUT2D eigenvalue weighted by Gasteiger charge is 2.27. The fourth-order valence-electron chi connectivity index (χ4n) is 0.811. The molecule has 0 aromatic rings. The smallest absolute Gasteiger partial charge is 0.317 e. The van der Waals surface area contributed by atoms with Gasteiger partial charge in [-0.05, 0) is 6.54 Å². The molecule has 13 heavy (non-hydrogen) atoms. The zero-order valence-corrected chi connectivity index (χ0v) is 7.58. The van der Waals surface area contributed by atoms with Crippen LogP contribution in [0.3, 0.4) is 0 Å². The summed E-state index contributed by atoms with van der Waals surface area (Å²) in [4.78, 5) is 10.8. The van der Waals surface area contributed by atoms with E-state index in [2.05, 4.69) is 5.32 Å². The number of hydrogen-bond acceptors (Lipinski definition) is 2. The molecule has 0 saturated heterocycles. The average molecular weight is 197 g/mol. The number of alkyl halides is 3. The standard InChI is InChI=1S/C8H14F3NO/c1-2-12-6-4-7(13)3-5-8(9,10)11/h12H,2-6H2,1H3. The molecule has 1 N–H and O–H groups in total. The average Bonchev–Trinajstić information content (AvgIpc) is 2.00. The van der Waals surface area contributed by atoms with Crippen LogP contribution < -0.4 is 5.32 Å². The van der Waals surface area contributed by atoms with E-state index in [1.165, 1.54) is 0 Å². The molecule has 0 bridgehead atoms. The Kier molecular flexibility index (Phi) is 5.70. The summed E-state index contributed by atoms with van der Waals surface area (Å²) in [5, 5.41) is 2.87. The van der Waals surface area contributed by atoms with Crippen LogP contribution in [0.25, 0.3) is 0 Å². The molecule has 0 atom stereocenters. The van der Waals surface area contributed by atoms with Crippen molar-refractivity contribution in [3.05, 3.63) is 0 Å². The van der Waals surface area contributed by atoms with Crippen LogP contribution in [0, 0.1) is 0 Å². The summed E-state index contributed by atoms with van der Waals surface area (Å²) in [6, 6.07) is 0. The van der Waals surface area contributed by atoms with Gasteiger partial charge in [0.2, 0.25) is 0 Å². The van der Waals surface area contributed by atoms with Gasteiger partial charge in [0.1, 0.15) is 5.78 Å². The number of Topliss-reactive ketones (excluding diaryl/α,β-unsaturated/α-hetero) is 1. The van der Waals surface area contributed by atoms with E-state index in [0.29, 0.717) is 6.54 Å². The second-order valence-electron chi connectivity index (χ2n) is 2.76. The molecule has 0 aliphatic carbocycles. The SMILES string of the molecule is CCNCCC(=O)CCC(F)(F)F. The van der Waals surface area contributed by atoms with Crippen LogP contribution in [-0.2, 0) is 4.79 Å². The maximum Gasteiger partial charge on any atom is 0.389 e. The number of hydrogen-bond donors (Lipinski definition) is 1. The second kappa shape index (κ2) is 5.96. The Hall–Kier alpha value is -0.580. The summed E-state index contributed by atoms with van der Waals surface area (Å²) in [5.74, 6) is -0.335. The second-order valence-corrected chi connectivity index (χ2v) is 2.76. The van der Waals surface area contributed by atoms with Crippen molar-refractivity contribution in [1.82, 2.24) is 5.32 Å². The van der Waals surface area contributed by atoms with Crippen molar-refractivity contribution in [2.45, 2.75) is 32.4 Å². The Balaban J connectivity index is 3.41. The lowest BCUT2D eigenvalue weighted by Crippen LogP contribution is -2.18. The summed E-state index contributed by atoms with van der Waals surface area (Å²) in [7, 11) is 0. The first-order chi connectivity index (χ1) is 5.95. The topological polar surface area (TPSA) is 29.1 Å². The van der Waals surface area contributed by atoms with Crippen molar-refractivity contribution < 1.29 is 18.0 Å². The van der Waals surface area contributed by atoms with E-state index < -0.39 is 19.0 Å². The first kappa shape index (κ1) is 12.4. The van der Waals surface area contributed by atoms with Gasteiger partial charge in [-0.25, -0.2) is 0 Å². The molecule has 0 amide bonds. The Bertz CT molecular complexity index is 156. The molecule has 0 aromatic heterocycles. The molecular weight excluding hydrogens is 183 g/mol. The molecule has 78 valence electrons. The third-order valence-electron chi connectivity index (χ3n) is 1.52. The van der Waals surface area contributed by atoms with Crippen LogP contribution in [0.15, 0.2) is 0 Å². The number of rotatable bonds is 6. The number of halogens is 3. The van der Waals surface area contributed by atoms with Crippen molar-refractivity contribution in [3.63, 3.8) is 0 Å². The fourth-order valence-corrected chi connectivity index (χ4v) is 0.811. The van der Waals surface area contributed by atoms with Gasteiger partial charge in [-0.3, -0.25) is 4.79 Å². The molecule has 0 rings (SSSR count). The maximum absolute atomic E-state index is 11.6. The minimum Gasteiger partial charge on any atom is -0.317 e. The molecule has 0 spiro atoms. The van der Waals surface area contributed by atoms with E-state index in [9.17, 15) is 18.0 Å². The van der Waals surface area contributed by atoms with E-state index in [1.54, 1.807) is 0 Å². The quantitative estimate of drug-likeness (QED) is 0.659. The number of carbonyl (C=O) groups is 1. The summed E-state index contributed by atoms with van der Waals surface area (Å²) in [5.41, 5.74) is 0. The normalized spacial score (nSPS) is 11.7. The molecule has 5 heteroatoms. The fraction of sp³-hybridized carbons (Fsp3) is 0.875. The largest absolute Gasteiger partial charge is 0.389 e. The Morgan fingerprint density at radius 1 is 1.31 bits per heavy atom. The van der Waals surface area contributed by atoms with Gasteiger partial charge in [-0.1, -0.05) is 6.92 Å².